The third kappa shape index (κ3) is 2.20. The van der Waals surface area contributed by atoms with Crippen LogP contribution in [0.15, 0.2) is 24.3 Å². The maximum absolute atomic E-state index is 10.6. The highest BCUT2D eigenvalue weighted by Gasteiger charge is 2.36. The van der Waals surface area contributed by atoms with Gasteiger partial charge in [-0.25, -0.2) is 5.06 Å². The van der Waals surface area contributed by atoms with Crippen LogP contribution in [-0.4, -0.2) is 34.7 Å². The molecule has 0 spiro atoms. The average molecular weight is 220 g/mol. The molecule has 5 heteroatoms. The number of hydrogen-bond donors (Lipinski definition) is 2. The molecule has 1 fully saturated rings. The fraction of sp³-hybridized carbons (Fsp3) is 0.273. The highest BCUT2D eigenvalue weighted by Crippen LogP contribution is 2.32. The quantitative estimate of drug-likeness (QED) is 0.539. The SMILES string of the molecule is CC(=O)NC1CN(O)C1=O.c1cc2cc-2c1. The minimum atomic E-state index is -0.512. The highest BCUT2D eigenvalue weighted by atomic mass is 16.5. The molecule has 3 aliphatic rings. The number of hydroxylamine groups is 2. The molecular formula is C11H12N2O3. The molecule has 1 unspecified atom stereocenters. The summed E-state index contributed by atoms with van der Waals surface area (Å²) in [7, 11) is 0. The van der Waals surface area contributed by atoms with Gasteiger partial charge in [-0.3, -0.25) is 14.8 Å². The molecule has 1 heterocycles. The van der Waals surface area contributed by atoms with E-state index in [1.54, 1.807) is 0 Å². The predicted octanol–water partition coefficient (Wildman–Crippen LogP) is 0.390. The molecule has 16 heavy (non-hydrogen) atoms. The topological polar surface area (TPSA) is 69.6 Å². The van der Waals surface area contributed by atoms with Crippen molar-refractivity contribution in [3.63, 3.8) is 0 Å². The van der Waals surface area contributed by atoms with Crippen molar-refractivity contribution in [1.29, 1.82) is 0 Å². The molecule has 0 bridgehead atoms. The lowest BCUT2D eigenvalue weighted by atomic mass is 10.1. The van der Waals surface area contributed by atoms with Crippen LogP contribution >= 0.6 is 0 Å². The van der Waals surface area contributed by atoms with Crippen molar-refractivity contribution in [2.75, 3.05) is 6.54 Å². The molecule has 1 saturated heterocycles. The van der Waals surface area contributed by atoms with E-state index >= 15 is 0 Å². The van der Waals surface area contributed by atoms with E-state index in [2.05, 4.69) is 29.6 Å². The fourth-order valence-corrected chi connectivity index (χ4v) is 1.44. The molecule has 3 rings (SSSR count). The van der Waals surface area contributed by atoms with Crippen LogP contribution in [-0.2, 0) is 9.59 Å². The summed E-state index contributed by atoms with van der Waals surface area (Å²) in [6.45, 7) is 1.52. The predicted molar refractivity (Wildman–Crippen MR) is 56.5 cm³/mol. The summed E-state index contributed by atoms with van der Waals surface area (Å²) < 4.78 is 0. The number of amides is 2. The zero-order valence-corrected chi connectivity index (χ0v) is 8.80. The summed E-state index contributed by atoms with van der Waals surface area (Å²) in [6.07, 6.45) is 0. The van der Waals surface area contributed by atoms with Crippen molar-refractivity contribution < 1.29 is 14.8 Å². The number of nitrogens with one attached hydrogen (secondary N) is 1. The van der Waals surface area contributed by atoms with E-state index in [-0.39, 0.29) is 12.5 Å². The van der Waals surface area contributed by atoms with Gasteiger partial charge >= 0.3 is 0 Å². The lowest BCUT2D eigenvalue weighted by Gasteiger charge is -2.32. The van der Waals surface area contributed by atoms with Crippen LogP contribution < -0.4 is 5.32 Å². The number of fused-ring (bicyclic) bond motifs is 1. The molecule has 5 nitrogen and oxygen atoms in total. The number of benzene rings is 1. The number of rotatable bonds is 1. The Kier molecular flexibility index (Phi) is 2.62. The Hall–Kier alpha value is -1.88. The Morgan fingerprint density at radius 3 is 2.38 bits per heavy atom. The van der Waals surface area contributed by atoms with E-state index in [4.69, 9.17) is 5.21 Å². The zero-order valence-electron chi connectivity index (χ0n) is 8.80. The average Bonchev–Trinajstić information content (AvgIpc) is 2.85. The van der Waals surface area contributed by atoms with Gasteiger partial charge in [0.25, 0.3) is 5.91 Å². The largest absolute Gasteiger partial charge is 0.343 e. The maximum atomic E-state index is 10.6. The summed E-state index contributed by atoms with van der Waals surface area (Å²) in [5.74, 6) is -0.707. The number of carbonyl (C=O) groups excluding carboxylic acids is 2. The molecule has 0 saturated carbocycles. The maximum Gasteiger partial charge on any atom is 0.270 e. The van der Waals surface area contributed by atoms with Crippen molar-refractivity contribution in [3.8, 4) is 11.1 Å². The molecule has 1 atom stereocenters. The second-order valence-corrected chi connectivity index (χ2v) is 3.75. The fourth-order valence-electron chi connectivity index (χ4n) is 1.44. The Bertz CT molecular complexity index is 427. The van der Waals surface area contributed by atoms with Crippen molar-refractivity contribution in [1.82, 2.24) is 10.4 Å². The first kappa shape index (κ1) is 10.6. The van der Waals surface area contributed by atoms with Crippen LogP contribution in [0.4, 0.5) is 0 Å². The van der Waals surface area contributed by atoms with E-state index in [0.717, 1.165) is 0 Å². The molecule has 0 aromatic rings. The van der Waals surface area contributed by atoms with Crippen molar-refractivity contribution in [3.05, 3.63) is 24.3 Å². The number of β-lactam (4-membered cyclic amide) rings is 1. The lowest BCUT2D eigenvalue weighted by Crippen LogP contribution is -2.62. The Labute approximate surface area is 92.6 Å². The van der Waals surface area contributed by atoms with E-state index in [0.29, 0.717) is 5.06 Å². The molecule has 84 valence electrons. The van der Waals surface area contributed by atoms with Gasteiger partial charge in [0.15, 0.2) is 0 Å². The monoisotopic (exact) mass is 220 g/mol. The van der Waals surface area contributed by atoms with Gasteiger partial charge in [0.2, 0.25) is 5.91 Å². The zero-order chi connectivity index (χ0) is 11.7. The summed E-state index contributed by atoms with van der Waals surface area (Å²) in [5, 5.41) is 11.5. The van der Waals surface area contributed by atoms with Gasteiger partial charge < -0.3 is 5.32 Å². The molecule has 0 radical (unpaired) electrons. The molecule has 2 aliphatic carbocycles. The first-order chi connectivity index (χ1) is 7.58. The van der Waals surface area contributed by atoms with E-state index < -0.39 is 11.9 Å². The molecule has 2 N–H and O–H groups in total. The highest BCUT2D eigenvalue weighted by molar-refractivity contribution is 5.90. The number of hydrogen-bond acceptors (Lipinski definition) is 3. The first-order valence-corrected chi connectivity index (χ1v) is 4.96. The minimum absolute atomic E-state index is 0.193. The van der Waals surface area contributed by atoms with Crippen LogP contribution in [0.2, 0.25) is 0 Å². The smallest absolute Gasteiger partial charge is 0.270 e. The molecule has 0 aromatic heterocycles. The van der Waals surface area contributed by atoms with E-state index in [9.17, 15) is 9.59 Å². The third-order valence-corrected chi connectivity index (χ3v) is 2.40. The van der Waals surface area contributed by atoms with Gasteiger partial charge in [0.05, 0.1) is 6.54 Å². The standard InChI is InChI=1S/C6H4.C5H8N2O3/c1-2-5-4-6(5)3-1;1-3(8)6-4-2-7(10)5(4)9/h1-4H;4,10H,2H2,1H3,(H,6,8). The second-order valence-electron chi connectivity index (χ2n) is 3.75. The van der Waals surface area contributed by atoms with Crippen LogP contribution in [0.3, 0.4) is 0 Å². The molecule has 0 aromatic carbocycles. The van der Waals surface area contributed by atoms with Gasteiger partial charge in [-0.1, -0.05) is 18.2 Å². The van der Waals surface area contributed by atoms with Gasteiger partial charge in [-0.15, -0.1) is 0 Å². The van der Waals surface area contributed by atoms with Crippen LogP contribution in [0.25, 0.3) is 11.1 Å². The molecular weight excluding hydrogens is 208 g/mol. The van der Waals surface area contributed by atoms with Gasteiger partial charge in [0.1, 0.15) is 6.04 Å². The Morgan fingerprint density at radius 2 is 2.12 bits per heavy atom. The summed E-state index contributed by atoms with van der Waals surface area (Å²) in [5.41, 5.74) is 2.85. The van der Waals surface area contributed by atoms with Gasteiger partial charge in [0, 0.05) is 6.92 Å². The van der Waals surface area contributed by atoms with Gasteiger partial charge in [-0.2, -0.15) is 0 Å². The summed E-state index contributed by atoms with van der Waals surface area (Å²) in [6, 6.07) is 7.97. The Balaban J connectivity index is 0.000000134. The normalized spacial score (nSPS) is 19.2. The van der Waals surface area contributed by atoms with Crippen LogP contribution in [0.1, 0.15) is 6.92 Å². The van der Waals surface area contributed by atoms with Crippen molar-refractivity contribution in [2.24, 2.45) is 0 Å². The first-order valence-electron chi connectivity index (χ1n) is 4.96. The second kappa shape index (κ2) is 3.94. The summed E-state index contributed by atoms with van der Waals surface area (Å²) in [4.78, 5) is 20.9. The van der Waals surface area contributed by atoms with E-state index in [1.807, 2.05) is 0 Å². The third-order valence-electron chi connectivity index (χ3n) is 2.40. The lowest BCUT2D eigenvalue weighted by molar-refractivity contribution is -0.191. The number of carbonyl (C=O) groups is 2. The van der Waals surface area contributed by atoms with Crippen molar-refractivity contribution in [2.45, 2.75) is 13.0 Å². The number of nitrogens with zero attached hydrogens (tertiary/aromatic N) is 1. The summed E-state index contributed by atoms with van der Waals surface area (Å²) >= 11 is 0. The molecule has 2 amide bonds. The van der Waals surface area contributed by atoms with Crippen LogP contribution in [0, 0.1) is 0 Å². The Morgan fingerprint density at radius 1 is 1.50 bits per heavy atom. The van der Waals surface area contributed by atoms with E-state index in [1.165, 1.54) is 18.1 Å². The van der Waals surface area contributed by atoms with Crippen molar-refractivity contribution >= 4 is 11.8 Å². The van der Waals surface area contributed by atoms with Gasteiger partial charge in [-0.05, 0) is 17.2 Å². The minimum Gasteiger partial charge on any atom is -0.343 e. The van der Waals surface area contributed by atoms with Crippen LogP contribution in [0.5, 0.6) is 0 Å². The molecule has 1 aliphatic heterocycles.